The molecule has 9 aromatic rings. The first-order valence-corrected chi connectivity index (χ1v) is 18.1. The van der Waals surface area contributed by atoms with Crippen molar-refractivity contribution in [2.24, 2.45) is 0 Å². The maximum atomic E-state index is 5.43. The van der Waals surface area contributed by atoms with Crippen LogP contribution in [0.4, 0.5) is 0 Å². The highest BCUT2D eigenvalue weighted by Crippen LogP contribution is 2.51. The second-order valence-corrected chi connectivity index (χ2v) is 14.3. The number of hydrogen-bond acceptors (Lipinski definition) is 4. The van der Waals surface area contributed by atoms with Gasteiger partial charge in [0, 0.05) is 33.1 Å². The summed E-state index contributed by atoms with van der Waals surface area (Å²) in [5.74, 6) is 1.89. The molecular formula is C49H34N4. The fraction of sp³-hybridized carbons (Fsp3) is 0.0612. The molecule has 0 radical (unpaired) electrons. The number of benzene rings is 7. The van der Waals surface area contributed by atoms with Gasteiger partial charge >= 0.3 is 0 Å². The SMILES string of the molecule is CC1(C)c2ccccc2-c2cc3c(-c4cccc5ccccc45)cc(-c4cccc(-c5nc(-c6ccccc6)nc(-c6ccccc6)n5)c4)nc3cc21. The predicted molar refractivity (Wildman–Crippen MR) is 217 cm³/mol. The van der Waals surface area contributed by atoms with E-state index in [1.54, 1.807) is 0 Å². The van der Waals surface area contributed by atoms with E-state index in [0.29, 0.717) is 17.5 Å². The minimum absolute atomic E-state index is 0.136. The van der Waals surface area contributed by atoms with Crippen LogP contribution in [0, 0.1) is 0 Å². The van der Waals surface area contributed by atoms with E-state index in [4.69, 9.17) is 19.9 Å². The zero-order valence-corrected chi connectivity index (χ0v) is 29.5. The van der Waals surface area contributed by atoms with E-state index in [1.807, 2.05) is 60.7 Å². The zero-order valence-electron chi connectivity index (χ0n) is 29.5. The predicted octanol–water partition coefficient (Wildman–Crippen LogP) is 12.2. The van der Waals surface area contributed by atoms with E-state index < -0.39 is 0 Å². The summed E-state index contributed by atoms with van der Waals surface area (Å²) in [6.07, 6.45) is 0. The van der Waals surface area contributed by atoms with Gasteiger partial charge in [-0.2, -0.15) is 0 Å². The Labute approximate surface area is 308 Å². The highest BCUT2D eigenvalue weighted by atomic mass is 15.0. The van der Waals surface area contributed by atoms with Crippen LogP contribution in [0.1, 0.15) is 25.0 Å². The molecule has 10 rings (SSSR count). The fourth-order valence-electron chi connectivity index (χ4n) is 8.01. The summed E-state index contributed by atoms with van der Waals surface area (Å²) >= 11 is 0. The van der Waals surface area contributed by atoms with Crippen molar-refractivity contribution in [1.29, 1.82) is 0 Å². The van der Waals surface area contributed by atoms with Crippen molar-refractivity contribution in [2.45, 2.75) is 19.3 Å². The summed E-state index contributed by atoms with van der Waals surface area (Å²) in [6.45, 7) is 4.65. The third kappa shape index (κ3) is 5.22. The van der Waals surface area contributed by atoms with Crippen LogP contribution < -0.4 is 0 Å². The van der Waals surface area contributed by atoms with Gasteiger partial charge in [0.2, 0.25) is 0 Å². The number of aromatic nitrogens is 4. The molecule has 0 saturated carbocycles. The van der Waals surface area contributed by atoms with Crippen molar-refractivity contribution in [3.8, 4) is 67.7 Å². The van der Waals surface area contributed by atoms with Gasteiger partial charge in [-0.25, -0.2) is 19.9 Å². The molecule has 1 aliphatic rings. The molecule has 2 aromatic heterocycles. The number of fused-ring (bicyclic) bond motifs is 5. The molecule has 0 bridgehead atoms. The second kappa shape index (κ2) is 12.2. The van der Waals surface area contributed by atoms with E-state index in [2.05, 4.69) is 123 Å². The van der Waals surface area contributed by atoms with Gasteiger partial charge in [-0.3, -0.25) is 0 Å². The van der Waals surface area contributed by atoms with Crippen LogP contribution in [0.15, 0.2) is 170 Å². The Morgan fingerprint density at radius 3 is 1.68 bits per heavy atom. The van der Waals surface area contributed by atoms with Crippen LogP contribution >= 0.6 is 0 Å². The smallest absolute Gasteiger partial charge is 0.164 e. The quantitative estimate of drug-likeness (QED) is 0.182. The maximum absolute atomic E-state index is 5.43. The van der Waals surface area contributed by atoms with E-state index in [-0.39, 0.29) is 5.41 Å². The summed E-state index contributed by atoms with van der Waals surface area (Å²) in [5, 5.41) is 3.57. The highest BCUT2D eigenvalue weighted by Gasteiger charge is 2.36. The highest BCUT2D eigenvalue weighted by molar-refractivity contribution is 6.07. The molecular weight excluding hydrogens is 645 g/mol. The summed E-state index contributed by atoms with van der Waals surface area (Å²) in [5.41, 5.74) is 13.1. The van der Waals surface area contributed by atoms with Crippen molar-refractivity contribution in [3.63, 3.8) is 0 Å². The molecule has 0 spiro atoms. The lowest BCUT2D eigenvalue weighted by Crippen LogP contribution is -2.14. The first-order chi connectivity index (χ1) is 26.0. The van der Waals surface area contributed by atoms with Crippen LogP contribution in [0.25, 0.3) is 89.4 Å². The first-order valence-electron chi connectivity index (χ1n) is 18.1. The lowest BCUT2D eigenvalue weighted by molar-refractivity contribution is 0.661. The molecule has 53 heavy (non-hydrogen) atoms. The standard InChI is InChI=1S/C49H34N4/c1-49(2)42-26-12-11-24-38(42)40-28-41-39(37-25-14-20-31-15-9-10-23-36(31)37)29-44(50-45(41)30-43(40)49)34-21-13-22-35(27-34)48-52-46(32-16-5-3-6-17-32)51-47(53-48)33-18-7-4-8-19-33/h3-30H,1-2H3. The maximum Gasteiger partial charge on any atom is 0.164 e. The van der Waals surface area contributed by atoms with Gasteiger partial charge in [0.25, 0.3) is 0 Å². The van der Waals surface area contributed by atoms with Gasteiger partial charge in [-0.15, -0.1) is 0 Å². The van der Waals surface area contributed by atoms with Gasteiger partial charge in [0.05, 0.1) is 11.2 Å². The van der Waals surface area contributed by atoms with E-state index in [1.165, 1.54) is 38.6 Å². The average Bonchev–Trinajstić information content (AvgIpc) is 3.45. The van der Waals surface area contributed by atoms with Gasteiger partial charge < -0.3 is 0 Å². The molecule has 1 aliphatic carbocycles. The van der Waals surface area contributed by atoms with Crippen LogP contribution in [0.5, 0.6) is 0 Å². The second-order valence-electron chi connectivity index (χ2n) is 14.3. The van der Waals surface area contributed by atoms with Crippen LogP contribution in [0.3, 0.4) is 0 Å². The van der Waals surface area contributed by atoms with Gasteiger partial charge in [0.15, 0.2) is 17.5 Å². The molecule has 250 valence electrons. The Hall–Kier alpha value is -6.78. The minimum Gasteiger partial charge on any atom is -0.248 e. The van der Waals surface area contributed by atoms with Gasteiger partial charge in [-0.05, 0) is 68.4 Å². The van der Waals surface area contributed by atoms with Crippen molar-refractivity contribution >= 4 is 21.7 Å². The number of pyridine rings is 1. The first kappa shape index (κ1) is 31.0. The van der Waals surface area contributed by atoms with Crippen molar-refractivity contribution < 1.29 is 0 Å². The summed E-state index contributed by atoms with van der Waals surface area (Å²) in [7, 11) is 0. The van der Waals surface area contributed by atoms with Crippen molar-refractivity contribution in [2.75, 3.05) is 0 Å². The third-order valence-electron chi connectivity index (χ3n) is 10.7. The topological polar surface area (TPSA) is 51.6 Å². The molecule has 0 unspecified atom stereocenters. The summed E-state index contributed by atoms with van der Waals surface area (Å²) in [6, 6.07) is 59.6. The molecule has 7 aromatic carbocycles. The molecule has 2 heterocycles. The van der Waals surface area contributed by atoms with Crippen molar-refractivity contribution in [3.05, 3.63) is 181 Å². The Bertz CT molecular complexity index is 2800. The minimum atomic E-state index is -0.136. The van der Waals surface area contributed by atoms with E-state index in [0.717, 1.165) is 44.4 Å². The molecule has 0 atom stereocenters. The molecule has 0 aliphatic heterocycles. The Morgan fingerprint density at radius 1 is 0.358 bits per heavy atom. The number of rotatable bonds is 5. The molecule has 4 nitrogen and oxygen atoms in total. The van der Waals surface area contributed by atoms with Crippen LogP contribution in [-0.4, -0.2) is 19.9 Å². The van der Waals surface area contributed by atoms with E-state index in [9.17, 15) is 0 Å². The Morgan fingerprint density at radius 2 is 0.925 bits per heavy atom. The summed E-state index contributed by atoms with van der Waals surface area (Å²) in [4.78, 5) is 20.4. The zero-order chi connectivity index (χ0) is 35.5. The molecule has 0 fully saturated rings. The molecule has 0 amide bonds. The molecule has 0 N–H and O–H groups in total. The average molecular weight is 679 g/mol. The van der Waals surface area contributed by atoms with E-state index >= 15 is 0 Å². The van der Waals surface area contributed by atoms with Crippen LogP contribution in [0.2, 0.25) is 0 Å². The Balaban J connectivity index is 1.19. The lowest BCUT2D eigenvalue weighted by atomic mass is 9.82. The monoisotopic (exact) mass is 678 g/mol. The lowest BCUT2D eigenvalue weighted by Gasteiger charge is -2.22. The Kier molecular flexibility index (Phi) is 7.12. The molecule has 4 heteroatoms. The number of nitrogens with zero attached hydrogens (tertiary/aromatic N) is 4. The largest absolute Gasteiger partial charge is 0.248 e. The summed E-state index contributed by atoms with van der Waals surface area (Å²) < 4.78 is 0. The normalized spacial score (nSPS) is 12.9. The number of hydrogen-bond donors (Lipinski definition) is 0. The third-order valence-corrected chi connectivity index (χ3v) is 10.7. The van der Waals surface area contributed by atoms with Crippen LogP contribution in [-0.2, 0) is 5.41 Å². The van der Waals surface area contributed by atoms with Crippen molar-refractivity contribution in [1.82, 2.24) is 19.9 Å². The van der Waals surface area contributed by atoms with Gasteiger partial charge in [0.1, 0.15) is 0 Å². The fourth-order valence-corrected chi connectivity index (χ4v) is 8.01. The van der Waals surface area contributed by atoms with Gasteiger partial charge in [-0.1, -0.05) is 159 Å². The molecule has 0 saturated heterocycles.